The van der Waals surface area contributed by atoms with Crippen molar-refractivity contribution in [1.82, 2.24) is 9.21 Å². The number of nitrogens with zero attached hydrogens (tertiary/aromatic N) is 3. The molecule has 4 rings (SSSR count). The molecular weight excluding hydrogens is 512 g/mol. The fourth-order valence-corrected chi connectivity index (χ4v) is 6.04. The molecule has 0 spiro atoms. The van der Waals surface area contributed by atoms with Crippen molar-refractivity contribution in [3.8, 4) is 0 Å². The molecule has 3 aromatic carbocycles. The topological polar surface area (TPSA) is 90.0 Å². The Balaban J connectivity index is 1.32. The molecule has 0 aliphatic carbocycles. The number of piperazine rings is 1. The van der Waals surface area contributed by atoms with Crippen LogP contribution < -0.4 is 10.2 Å². The standard InChI is InChI=1S/C30H36N4O4S/c1-4-17-34(39(37,38)28-15-7-24(3)8-16-28)22-29(35)31-26-11-13-27(14-12-26)32-18-20-33(21-19-32)30(36)25-9-5-23(2)6-10-25/h5-16H,4,17-22H2,1-3H3,(H,31,35). The number of carbonyl (C=O) groups excluding carboxylic acids is 2. The van der Waals surface area contributed by atoms with Gasteiger partial charge in [0, 0.05) is 49.7 Å². The molecule has 0 aromatic heterocycles. The average Bonchev–Trinajstić information content (AvgIpc) is 2.93. The van der Waals surface area contributed by atoms with Crippen molar-refractivity contribution >= 4 is 33.2 Å². The molecule has 0 atom stereocenters. The fraction of sp³-hybridized carbons (Fsp3) is 0.333. The molecule has 3 aromatic rings. The van der Waals surface area contributed by atoms with E-state index >= 15 is 0 Å². The second kappa shape index (κ2) is 12.4. The summed E-state index contributed by atoms with van der Waals surface area (Å²) in [6.07, 6.45) is 0.594. The number of benzene rings is 3. The van der Waals surface area contributed by atoms with Gasteiger partial charge in [0.25, 0.3) is 5.91 Å². The lowest BCUT2D eigenvalue weighted by Crippen LogP contribution is -2.48. The van der Waals surface area contributed by atoms with Crippen LogP contribution in [0.5, 0.6) is 0 Å². The lowest BCUT2D eigenvalue weighted by molar-refractivity contribution is -0.116. The zero-order valence-electron chi connectivity index (χ0n) is 22.8. The summed E-state index contributed by atoms with van der Waals surface area (Å²) in [5.74, 6) is -0.343. The maximum absolute atomic E-state index is 13.1. The molecule has 39 heavy (non-hydrogen) atoms. The smallest absolute Gasteiger partial charge is 0.253 e. The Hall–Kier alpha value is -3.69. The molecule has 206 valence electrons. The number of hydrogen-bond acceptors (Lipinski definition) is 5. The molecular formula is C30H36N4O4S. The second-order valence-corrected chi connectivity index (χ2v) is 11.8. The van der Waals surface area contributed by atoms with Gasteiger partial charge in [-0.25, -0.2) is 8.42 Å². The van der Waals surface area contributed by atoms with Crippen LogP contribution in [0.4, 0.5) is 11.4 Å². The van der Waals surface area contributed by atoms with E-state index in [1.54, 1.807) is 24.3 Å². The van der Waals surface area contributed by atoms with Crippen molar-refractivity contribution in [1.29, 1.82) is 0 Å². The van der Waals surface area contributed by atoms with Gasteiger partial charge in [0.05, 0.1) is 11.4 Å². The number of anilines is 2. The van der Waals surface area contributed by atoms with Crippen LogP contribution >= 0.6 is 0 Å². The van der Waals surface area contributed by atoms with Crippen molar-refractivity contribution in [3.05, 3.63) is 89.5 Å². The number of aryl methyl sites for hydroxylation is 2. The van der Waals surface area contributed by atoms with Gasteiger partial charge < -0.3 is 15.1 Å². The van der Waals surface area contributed by atoms with Crippen molar-refractivity contribution in [2.75, 3.05) is 49.5 Å². The van der Waals surface area contributed by atoms with Gasteiger partial charge in [0.2, 0.25) is 15.9 Å². The van der Waals surface area contributed by atoms with E-state index in [1.807, 2.05) is 74.2 Å². The van der Waals surface area contributed by atoms with Crippen LogP contribution in [0.2, 0.25) is 0 Å². The third kappa shape index (κ3) is 7.04. The quantitative estimate of drug-likeness (QED) is 0.431. The average molecular weight is 549 g/mol. The van der Waals surface area contributed by atoms with E-state index in [4.69, 9.17) is 0 Å². The SMILES string of the molecule is CCCN(CC(=O)Nc1ccc(N2CCN(C(=O)c3ccc(C)cc3)CC2)cc1)S(=O)(=O)c1ccc(C)cc1. The number of hydrogen-bond donors (Lipinski definition) is 1. The normalized spacial score (nSPS) is 13.9. The molecule has 1 aliphatic heterocycles. The maximum atomic E-state index is 13.1. The molecule has 8 nitrogen and oxygen atoms in total. The Morgan fingerprint density at radius 3 is 1.95 bits per heavy atom. The minimum Gasteiger partial charge on any atom is -0.368 e. The highest BCUT2D eigenvalue weighted by Crippen LogP contribution is 2.21. The predicted molar refractivity (Wildman–Crippen MR) is 155 cm³/mol. The van der Waals surface area contributed by atoms with Gasteiger partial charge >= 0.3 is 0 Å². The van der Waals surface area contributed by atoms with E-state index in [0.717, 1.165) is 16.8 Å². The van der Waals surface area contributed by atoms with E-state index in [9.17, 15) is 18.0 Å². The Morgan fingerprint density at radius 1 is 0.821 bits per heavy atom. The van der Waals surface area contributed by atoms with Crippen LogP contribution in [0.25, 0.3) is 0 Å². The highest BCUT2D eigenvalue weighted by molar-refractivity contribution is 7.89. The molecule has 0 saturated carbocycles. The number of nitrogens with one attached hydrogen (secondary N) is 1. The molecule has 1 N–H and O–H groups in total. The molecule has 1 aliphatic rings. The summed E-state index contributed by atoms with van der Waals surface area (Å²) in [7, 11) is -3.78. The van der Waals surface area contributed by atoms with E-state index < -0.39 is 15.9 Å². The molecule has 1 fully saturated rings. The maximum Gasteiger partial charge on any atom is 0.253 e. The second-order valence-electron chi connectivity index (χ2n) is 9.89. The van der Waals surface area contributed by atoms with Gasteiger partial charge in [-0.05, 0) is 68.8 Å². The van der Waals surface area contributed by atoms with Crippen LogP contribution in [0.3, 0.4) is 0 Å². The highest BCUT2D eigenvalue weighted by atomic mass is 32.2. The Morgan fingerprint density at radius 2 is 1.38 bits per heavy atom. The van der Waals surface area contributed by atoms with Gasteiger partial charge in [-0.1, -0.05) is 42.3 Å². The molecule has 1 heterocycles. The summed E-state index contributed by atoms with van der Waals surface area (Å²) < 4.78 is 27.5. The zero-order chi connectivity index (χ0) is 28.0. The first-order chi connectivity index (χ1) is 18.7. The minimum absolute atomic E-state index is 0.0502. The van der Waals surface area contributed by atoms with Crippen LogP contribution in [0, 0.1) is 13.8 Å². The number of carbonyl (C=O) groups is 2. The summed E-state index contributed by atoms with van der Waals surface area (Å²) in [4.78, 5) is 29.9. The number of sulfonamides is 1. The Bertz CT molecular complexity index is 1380. The Kier molecular flexibility index (Phi) is 9.04. The summed E-state index contributed by atoms with van der Waals surface area (Å²) in [5.41, 5.74) is 4.40. The predicted octanol–water partition coefficient (Wildman–Crippen LogP) is 4.31. The summed E-state index contributed by atoms with van der Waals surface area (Å²) in [6, 6.07) is 21.8. The minimum atomic E-state index is -3.78. The summed E-state index contributed by atoms with van der Waals surface area (Å²) in [5, 5.41) is 2.82. The van der Waals surface area contributed by atoms with Crippen molar-refractivity contribution in [3.63, 3.8) is 0 Å². The van der Waals surface area contributed by atoms with Crippen LogP contribution in [-0.4, -0.2) is 68.7 Å². The highest BCUT2D eigenvalue weighted by Gasteiger charge is 2.26. The number of rotatable bonds is 9. The van der Waals surface area contributed by atoms with E-state index in [-0.39, 0.29) is 23.9 Å². The monoisotopic (exact) mass is 548 g/mol. The van der Waals surface area contributed by atoms with Crippen molar-refractivity contribution in [2.24, 2.45) is 0 Å². The largest absolute Gasteiger partial charge is 0.368 e. The van der Waals surface area contributed by atoms with Gasteiger partial charge in [-0.2, -0.15) is 4.31 Å². The first-order valence-corrected chi connectivity index (χ1v) is 14.7. The fourth-order valence-electron chi connectivity index (χ4n) is 4.56. The Labute approximate surface area is 231 Å². The third-order valence-electron chi connectivity index (χ3n) is 6.83. The lowest BCUT2D eigenvalue weighted by atomic mass is 10.1. The van der Waals surface area contributed by atoms with E-state index in [2.05, 4.69) is 10.2 Å². The van der Waals surface area contributed by atoms with Gasteiger partial charge in [-0.3, -0.25) is 9.59 Å². The van der Waals surface area contributed by atoms with Crippen LogP contribution in [0.1, 0.15) is 34.8 Å². The molecule has 0 unspecified atom stereocenters. The van der Waals surface area contributed by atoms with Gasteiger partial charge in [0.1, 0.15) is 0 Å². The zero-order valence-corrected chi connectivity index (χ0v) is 23.6. The summed E-state index contributed by atoms with van der Waals surface area (Å²) >= 11 is 0. The molecule has 1 saturated heterocycles. The van der Waals surface area contributed by atoms with Gasteiger partial charge in [-0.15, -0.1) is 0 Å². The molecule has 9 heteroatoms. The molecule has 0 radical (unpaired) electrons. The van der Waals surface area contributed by atoms with E-state index in [1.165, 1.54) is 4.31 Å². The van der Waals surface area contributed by atoms with Crippen molar-refractivity contribution in [2.45, 2.75) is 32.1 Å². The molecule has 0 bridgehead atoms. The first kappa shape index (κ1) is 28.3. The van der Waals surface area contributed by atoms with E-state index in [0.29, 0.717) is 43.9 Å². The van der Waals surface area contributed by atoms with Crippen LogP contribution in [-0.2, 0) is 14.8 Å². The van der Waals surface area contributed by atoms with Crippen molar-refractivity contribution < 1.29 is 18.0 Å². The third-order valence-corrected chi connectivity index (χ3v) is 8.69. The van der Waals surface area contributed by atoms with Gasteiger partial charge in [0.15, 0.2) is 0 Å². The molecule has 2 amide bonds. The first-order valence-electron chi connectivity index (χ1n) is 13.2. The lowest BCUT2D eigenvalue weighted by Gasteiger charge is -2.36. The van der Waals surface area contributed by atoms with Crippen LogP contribution in [0.15, 0.2) is 77.7 Å². The number of amides is 2. The summed E-state index contributed by atoms with van der Waals surface area (Å²) in [6.45, 7) is 8.46.